The van der Waals surface area contributed by atoms with Gasteiger partial charge in [-0.15, -0.1) is 17.9 Å². The summed E-state index contributed by atoms with van der Waals surface area (Å²) in [4.78, 5) is 25.9. The fourth-order valence-electron chi connectivity index (χ4n) is 3.04. The van der Waals surface area contributed by atoms with Crippen LogP contribution in [0, 0.1) is 25.2 Å². The number of carbonyl (C=O) groups is 1. The summed E-state index contributed by atoms with van der Waals surface area (Å²) in [6.07, 6.45) is 3.34. The summed E-state index contributed by atoms with van der Waals surface area (Å²) in [5.74, 6) is -0.540. The van der Waals surface area contributed by atoms with E-state index in [1.54, 1.807) is 30.3 Å². The summed E-state index contributed by atoms with van der Waals surface area (Å²) in [7, 11) is 0. The molecule has 30 heavy (non-hydrogen) atoms. The molecule has 0 radical (unpaired) electrons. The van der Waals surface area contributed by atoms with E-state index in [2.05, 4.69) is 11.9 Å². The van der Waals surface area contributed by atoms with Gasteiger partial charge in [0, 0.05) is 6.54 Å². The third kappa shape index (κ3) is 4.32. The number of amides is 1. The normalized spacial score (nSPS) is 12.2. The number of hydrogen-bond donors (Lipinski definition) is 1. The Bertz CT molecular complexity index is 1330. The van der Waals surface area contributed by atoms with Crippen LogP contribution in [-0.4, -0.2) is 17.0 Å². The van der Waals surface area contributed by atoms with Crippen molar-refractivity contribution in [3.63, 3.8) is 0 Å². The van der Waals surface area contributed by atoms with Crippen molar-refractivity contribution in [2.45, 2.75) is 13.8 Å². The van der Waals surface area contributed by atoms with Crippen molar-refractivity contribution in [2.75, 3.05) is 6.54 Å². The van der Waals surface area contributed by atoms with E-state index >= 15 is 0 Å². The van der Waals surface area contributed by atoms with Crippen LogP contribution in [0.3, 0.4) is 0 Å². The highest BCUT2D eigenvalue weighted by molar-refractivity contribution is 7.07. The Labute approximate surface area is 178 Å². The van der Waals surface area contributed by atoms with Crippen LogP contribution < -0.4 is 20.1 Å². The van der Waals surface area contributed by atoms with Crippen LogP contribution in [0.1, 0.15) is 16.7 Å². The molecule has 1 aromatic heterocycles. The van der Waals surface area contributed by atoms with E-state index in [4.69, 9.17) is 0 Å². The quantitative estimate of drug-likeness (QED) is 0.650. The Morgan fingerprint density at radius 3 is 2.60 bits per heavy atom. The molecular formula is C24H21N3O2S. The first-order chi connectivity index (χ1) is 14.5. The van der Waals surface area contributed by atoms with Crippen LogP contribution >= 0.6 is 11.3 Å². The summed E-state index contributed by atoms with van der Waals surface area (Å²) in [6.45, 7) is 7.80. The van der Waals surface area contributed by atoms with Gasteiger partial charge in [0.05, 0.1) is 10.2 Å². The number of nitriles is 1. The molecule has 0 atom stereocenters. The van der Waals surface area contributed by atoms with E-state index in [0.717, 1.165) is 28.0 Å². The maximum atomic E-state index is 13.3. The number of thiazole rings is 1. The molecule has 0 spiro atoms. The lowest BCUT2D eigenvalue weighted by Crippen LogP contribution is -2.33. The van der Waals surface area contributed by atoms with E-state index in [1.165, 1.54) is 10.6 Å². The van der Waals surface area contributed by atoms with Crippen molar-refractivity contribution in [3.8, 4) is 11.8 Å². The van der Waals surface area contributed by atoms with Crippen molar-refractivity contribution in [1.29, 1.82) is 5.26 Å². The first-order valence-electron chi connectivity index (χ1n) is 9.36. The van der Waals surface area contributed by atoms with Crippen molar-refractivity contribution in [1.82, 2.24) is 9.88 Å². The molecule has 0 fully saturated rings. The van der Waals surface area contributed by atoms with Gasteiger partial charge in [-0.1, -0.05) is 48.0 Å². The maximum Gasteiger partial charge on any atom is 0.273 e. The summed E-state index contributed by atoms with van der Waals surface area (Å²) < 4.78 is 2.17. The smallest absolute Gasteiger partial charge is 0.273 e. The lowest BCUT2D eigenvalue weighted by Gasteiger charge is -2.04. The second-order valence-corrected chi connectivity index (χ2v) is 7.77. The number of nitrogens with zero attached hydrogens (tertiary/aromatic N) is 2. The zero-order valence-corrected chi connectivity index (χ0v) is 17.6. The largest absolute Gasteiger partial charge is 0.348 e. The average molecular weight is 416 g/mol. The Balaban J connectivity index is 2.36. The zero-order chi connectivity index (χ0) is 21.7. The van der Waals surface area contributed by atoms with Gasteiger partial charge >= 0.3 is 0 Å². The molecular weight excluding hydrogens is 394 g/mol. The van der Waals surface area contributed by atoms with Crippen molar-refractivity contribution < 1.29 is 4.79 Å². The second kappa shape index (κ2) is 9.21. The van der Waals surface area contributed by atoms with Crippen LogP contribution in [0.5, 0.6) is 0 Å². The van der Waals surface area contributed by atoms with Crippen molar-refractivity contribution >= 4 is 28.9 Å². The molecule has 6 heteroatoms. The first kappa shape index (κ1) is 21.0. The Morgan fingerprint density at radius 1 is 1.23 bits per heavy atom. The summed E-state index contributed by atoms with van der Waals surface area (Å²) in [6, 6.07) is 17.0. The Morgan fingerprint density at radius 2 is 1.97 bits per heavy atom. The lowest BCUT2D eigenvalue weighted by atomic mass is 10.1. The van der Waals surface area contributed by atoms with Gasteiger partial charge in [0.25, 0.3) is 11.5 Å². The van der Waals surface area contributed by atoms with Crippen LogP contribution in [-0.2, 0) is 4.79 Å². The monoisotopic (exact) mass is 415 g/mol. The van der Waals surface area contributed by atoms with Gasteiger partial charge in [0.1, 0.15) is 10.7 Å². The molecule has 5 nitrogen and oxygen atoms in total. The van der Waals surface area contributed by atoms with E-state index in [1.807, 2.05) is 44.2 Å². The lowest BCUT2D eigenvalue weighted by molar-refractivity contribution is -0.115. The van der Waals surface area contributed by atoms with E-state index < -0.39 is 5.91 Å². The fourth-order valence-corrected chi connectivity index (χ4v) is 4.13. The molecule has 3 rings (SSSR count). The molecule has 3 aromatic rings. The number of aromatic nitrogens is 1. The average Bonchev–Trinajstić information content (AvgIpc) is 3.05. The predicted octanol–water partition coefficient (Wildman–Crippen LogP) is 2.32. The number of aryl methyl sites for hydroxylation is 2. The van der Waals surface area contributed by atoms with Gasteiger partial charge in [-0.05, 0) is 43.2 Å². The molecule has 2 aromatic carbocycles. The van der Waals surface area contributed by atoms with Gasteiger partial charge in [0.2, 0.25) is 0 Å². The van der Waals surface area contributed by atoms with Crippen LogP contribution in [0.2, 0.25) is 0 Å². The molecule has 0 aliphatic rings. The highest BCUT2D eigenvalue weighted by atomic mass is 32.1. The number of benzene rings is 2. The fraction of sp³-hybridized carbons (Fsp3) is 0.125. The molecule has 0 aliphatic carbocycles. The number of rotatable bonds is 5. The maximum absolute atomic E-state index is 13.3. The third-order valence-electron chi connectivity index (χ3n) is 4.51. The minimum atomic E-state index is -0.540. The van der Waals surface area contributed by atoms with Gasteiger partial charge in [-0.3, -0.25) is 14.2 Å². The van der Waals surface area contributed by atoms with Gasteiger partial charge < -0.3 is 5.32 Å². The molecule has 150 valence electrons. The van der Waals surface area contributed by atoms with E-state index in [-0.39, 0.29) is 17.7 Å². The van der Waals surface area contributed by atoms with Gasteiger partial charge in [-0.25, -0.2) is 0 Å². The third-order valence-corrected chi connectivity index (χ3v) is 5.60. The summed E-state index contributed by atoms with van der Waals surface area (Å²) >= 11 is 1.13. The highest BCUT2D eigenvalue weighted by Crippen LogP contribution is 2.11. The summed E-state index contributed by atoms with van der Waals surface area (Å²) in [5.41, 5.74) is 3.31. The minimum Gasteiger partial charge on any atom is -0.348 e. The van der Waals surface area contributed by atoms with Crippen LogP contribution in [0.25, 0.3) is 17.3 Å². The molecule has 0 aliphatic heterocycles. The minimum absolute atomic E-state index is 0.108. The molecule has 1 heterocycles. The van der Waals surface area contributed by atoms with Gasteiger partial charge in [0.15, 0.2) is 5.57 Å². The Kier molecular flexibility index (Phi) is 6.45. The van der Waals surface area contributed by atoms with Crippen molar-refractivity contribution in [3.05, 3.63) is 97.4 Å². The molecule has 0 saturated carbocycles. The standard InChI is InChI=1S/C24H21N3O2S/c1-4-12-26-22(28)20(15-25)24-27(19-8-6-5-7-9-19)23(29)21(30-24)14-18-11-10-16(2)13-17(18)3/h4-11,13-14H,1,12H2,2-3H3,(H,26,28)/b21-14-,24-20-. The second-order valence-electron chi connectivity index (χ2n) is 6.74. The zero-order valence-electron chi connectivity index (χ0n) is 16.8. The molecule has 1 N–H and O–H groups in total. The predicted molar refractivity (Wildman–Crippen MR) is 121 cm³/mol. The molecule has 1 amide bonds. The van der Waals surface area contributed by atoms with E-state index in [0.29, 0.717) is 14.9 Å². The molecule has 0 unspecified atom stereocenters. The number of hydrogen-bond acceptors (Lipinski definition) is 4. The Hall–Kier alpha value is -3.69. The number of para-hydroxylation sites is 1. The number of nitrogens with one attached hydrogen (secondary N) is 1. The van der Waals surface area contributed by atoms with Crippen molar-refractivity contribution in [2.24, 2.45) is 0 Å². The first-order valence-corrected chi connectivity index (χ1v) is 10.2. The van der Waals surface area contributed by atoms with Crippen LogP contribution in [0.15, 0.2) is 66.0 Å². The van der Waals surface area contributed by atoms with Gasteiger partial charge in [-0.2, -0.15) is 5.26 Å². The van der Waals surface area contributed by atoms with Crippen LogP contribution in [0.4, 0.5) is 0 Å². The molecule has 0 saturated heterocycles. The number of carbonyl (C=O) groups excluding carboxylic acids is 1. The van der Waals surface area contributed by atoms with E-state index in [9.17, 15) is 14.9 Å². The topological polar surface area (TPSA) is 74.9 Å². The SMILES string of the molecule is C=CCNC(=O)/C(C#N)=c1\s/c(=C\c2ccc(C)cc2C)c(=O)n1-c1ccccc1. The molecule has 0 bridgehead atoms. The summed E-state index contributed by atoms with van der Waals surface area (Å²) in [5, 5.41) is 12.3. The highest BCUT2D eigenvalue weighted by Gasteiger charge is 2.16.